The van der Waals surface area contributed by atoms with Crippen molar-refractivity contribution in [2.45, 2.75) is 51.2 Å². The maximum atomic E-state index is 14.9. The molecular formula is C25H23ClFN5O. The van der Waals surface area contributed by atoms with E-state index in [2.05, 4.69) is 11.3 Å². The van der Waals surface area contributed by atoms with E-state index in [1.807, 2.05) is 30.8 Å². The van der Waals surface area contributed by atoms with Crippen LogP contribution in [0.2, 0.25) is 5.02 Å². The van der Waals surface area contributed by atoms with Gasteiger partial charge in [0.2, 0.25) is 0 Å². The standard InChI is InChI=1S/C25H23ClFN5O/c1-13-7-20-23(19-6-3-17(26)9-21(19)27)30-24(31-25(20)29-14(13)2)15-8-22(33-12-15)16-10-28-32(11-16)18-4-5-18/h3,6-7,9-11,15,18,22H,4-5,8,12H2,1-2H3. The van der Waals surface area contributed by atoms with Crippen molar-refractivity contribution in [3.63, 3.8) is 0 Å². The minimum Gasteiger partial charge on any atom is -0.373 e. The van der Waals surface area contributed by atoms with Crippen LogP contribution in [0.15, 0.2) is 36.7 Å². The number of aromatic nitrogens is 5. The zero-order chi connectivity index (χ0) is 22.7. The highest BCUT2D eigenvalue weighted by atomic mass is 35.5. The predicted octanol–water partition coefficient (Wildman–Crippen LogP) is 5.88. The Morgan fingerprint density at radius 2 is 1.97 bits per heavy atom. The van der Waals surface area contributed by atoms with Crippen LogP contribution in [0.25, 0.3) is 22.3 Å². The summed E-state index contributed by atoms with van der Waals surface area (Å²) in [7, 11) is 0. The van der Waals surface area contributed by atoms with Gasteiger partial charge < -0.3 is 4.74 Å². The number of fused-ring (bicyclic) bond motifs is 1. The Bertz CT molecular complexity index is 1380. The van der Waals surface area contributed by atoms with E-state index in [0.717, 1.165) is 28.6 Å². The quantitative estimate of drug-likeness (QED) is 0.378. The maximum Gasteiger partial charge on any atom is 0.163 e. The lowest BCUT2D eigenvalue weighted by molar-refractivity contribution is 0.110. The molecule has 4 heterocycles. The van der Waals surface area contributed by atoms with Crippen LogP contribution in [0, 0.1) is 19.7 Å². The number of nitrogens with zero attached hydrogens (tertiary/aromatic N) is 5. The molecule has 0 amide bonds. The van der Waals surface area contributed by atoms with Crippen LogP contribution in [0.5, 0.6) is 0 Å². The van der Waals surface area contributed by atoms with Crippen LogP contribution in [-0.2, 0) is 4.74 Å². The Morgan fingerprint density at radius 1 is 1.12 bits per heavy atom. The molecule has 33 heavy (non-hydrogen) atoms. The van der Waals surface area contributed by atoms with Gasteiger partial charge in [-0.3, -0.25) is 4.68 Å². The maximum absolute atomic E-state index is 14.9. The normalized spacial score (nSPS) is 20.6. The second-order valence-electron chi connectivity index (χ2n) is 9.06. The van der Waals surface area contributed by atoms with Gasteiger partial charge in [0.25, 0.3) is 0 Å². The van der Waals surface area contributed by atoms with E-state index >= 15 is 0 Å². The van der Waals surface area contributed by atoms with Gasteiger partial charge in [-0.05, 0) is 62.9 Å². The lowest BCUT2D eigenvalue weighted by Gasteiger charge is -2.14. The molecule has 168 valence electrons. The lowest BCUT2D eigenvalue weighted by atomic mass is 10.0. The summed E-state index contributed by atoms with van der Waals surface area (Å²) < 4.78 is 23.1. The Morgan fingerprint density at radius 3 is 2.76 bits per heavy atom. The molecule has 1 aromatic carbocycles. The molecule has 0 bridgehead atoms. The van der Waals surface area contributed by atoms with Crippen molar-refractivity contribution in [1.29, 1.82) is 0 Å². The van der Waals surface area contributed by atoms with E-state index in [-0.39, 0.29) is 12.0 Å². The Balaban J connectivity index is 1.40. The van der Waals surface area contributed by atoms with Crippen LogP contribution in [-0.4, -0.2) is 31.3 Å². The Kier molecular flexibility index (Phi) is 4.92. The SMILES string of the molecule is Cc1cc2c(-c3ccc(Cl)cc3F)nc(C3COC(c4cnn(C5CC5)c4)C3)nc2nc1C. The van der Waals surface area contributed by atoms with Crippen molar-refractivity contribution in [3.05, 3.63) is 70.1 Å². The number of pyridine rings is 1. The van der Waals surface area contributed by atoms with E-state index in [0.29, 0.717) is 40.4 Å². The predicted molar refractivity (Wildman–Crippen MR) is 124 cm³/mol. The van der Waals surface area contributed by atoms with Gasteiger partial charge in [-0.1, -0.05) is 11.6 Å². The molecule has 0 radical (unpaired) electrons. The molecule has 1 saturated carbocycles. The number of hydrogen-bond acceptors (Lipinski definition) is 5. The zero-order valence-electron chi connectivity index (χ0n) is 18.4. The lowest BCUT2D eigenvalue weighted by Crippen LogP contribution is -2.08. The molecular weight excluding hydrogens is 441 g/mol. The highest BCUT2D eigenvalue weighted by Gasteiger charge is 2.33. The molecule has 1 saturated heterocycles. The molecule has 2 fully saturated rings. The van der Waals surface area contributed by atoms with Crippen LogP contribution in [0.4, 0.5) is 4.39 Å². The van der Waals surface area contributed by atoms with Gasteiger partial charge in [-0.15, -0.1) is 0 Å². The first-order valence-corrected chi connectivity index (χ1v) is 11.6. The number of hydrogen-bond donors (Lipinski definition) is 0. The van der Waals surface area contributed by atoms with Crippen LogP contribution < -0.4 is 0 Å². The molecule has 2 aliphatic rings. The van der Waals surface area contributed by atoms with E-state index in [9.17, 15) is 4.39 Å². The number of benzene rings is 1. The van der Waals surface area contributed by atoms with Crippen molar-refractivity contribution in [1.82, 2.24) is 24.7 Å². The molecule has 3 aromatic heterocycles. The molecule has 2 atom stereocenters. The summed E-state index contributed by atoms with van der Waals surface area (Å²) in [6, 6.07) is 7.16. The average Bonchev–Trinajstić information content (AvgIpc) is 3.31. The summed E-state index contributed by atoms with van der Waals surface area (Å²) in [6.07, 6.45) is 7.06. The fourth-order valence-corrected chi connectivity index (χ4v) is 4.59. The van der Waals surface area contributed by atoms with Gasteiger partial charge in [0.05, 0.1) is 30.6 Å². The molecule has 2 unspecified atom stereocenters. The number of aryl methyl sites for hydroxylation is 2. The first kappa shape index (κ1) is 20.7. The van der Waals surface area contributed by atoms with Gasteiger partial charge in [0.1, 0.15) is 11.6 Å². The summed E-state index contributed by atoms with van der Waals surface area (Å²) in [5.74, 6) is 0.195. The number of rotatable bonds is 4. The summed E-state index contributed by atoms with van der Waals surface area (Å²) >= 11 is 5.99. The van der Waals surface area contributed by atoms with Gasteiger partial charge in [-0.25, -0.2) is 19.3 Å². The van der Waals surface area contributed by atoms with Crippen molar-refractivity contribution < 1.29 is 9.13 Å². The van der Waals surface area contributed by atoms with Gasteiger partial charge in [0, 0.05) is 39.3 Å². The molecule has 4 aromatic rings. The molecule has 0 spiro atoms. The highest BCUT2D eigenvalue weighted by Crippen LogP contribution is 2.40. The van der Waals surface area contributed by atoms with Gasteiger partial charge in [-0.2, -0.15) is 5.10 Å². The van der Waals surface area contributed by atoms with E-state index in [1.165, 1.54) is 18.9 Å². The third kappa shape index (κ3) is 3.79. The average molecular weight is 464 g/mol. The van der Waals surface area contributed by atoms with E-state index < -0.39 is 5.82 Å². The van der Waals surface area contributed by atoms with Crippen molar-refractivity contribution in [2.75, 3.05) is 6.61 Å². The summed E-state index contributed by atoms with van der Waals surface area (Å²) in [4.78, 5) is 14.3. The molecule has 0 N–H and O–H groups in total. The summed E-state index contributed by atoms with van der Waals surface area (Å²) in [6.45, 7) is 4.43. The van der Waals surface area contributed by atoms with Crippen LogP contribution in [0.1, 0.15) is 60.0 Å². The highest BCUT2D eigenvalue weighted by molar-refractivity contribution is 6.30. The van der Waals surface area contributed by atoms with E-state index in [4.69, 9.17) is 31.3 Å². The third-order valence-corrected chi connectivity index (χ3v) is 6.85. The summed E-state index contributed by atoms with van der Waals surface area (Å²) in [5, 5.41) is 5.57. The zero-order valence-corrected chi connectivity index (χ0v) is 19.2. The smallest absolute Gasteiger partial charge is 0.163 e. The Labute approximate surface area is 195 Å². The fraction of sp³-hybridized carbons (Fsp3) is 0.360. The first-order valence-electron chi connectivity index (χ1n) is 11.2. The first-order chi connectivity index (χ1) is 16.0. The third-order valence-electron chi connectivity index (χ3n) is 6.61. The largest absolute Gasteiger partial charge is 0.373 e. The fourth-order valence-electron chi connectivity index (χ4n) is 4.43. The van der Waals surface area contributed by atoms with Crippen molar-refractivity contribution >= 4 is 22.6 Å². The van der Waals surface area contributed by atoms with E-state index in [1.54, 1.807) is 12.1 Å². The van der Waals surface area contributed by atoms with Crippen molar-refractivity contribution in [2.24, 2.45) is 0 Å². The molecule has 6 rings (SSSR count). The molecule has 1 aliphatic heterocycles. The van der Waals surface area contributed by atoms with Gasteiger partial charge in [0.15, 0.2) is 5.65 Å². The monoisotopic (exact) mass is 463 g/mol. The minimum absolute atomic E-state index is 0.0128. The molecule has 1 aliphatic carbocycles. The minimum atomic E-state index is -0.417. The van der Waals surface area contributed by atoms with Crippen LogP contribution in [0.3, 0.4) is 0 Å². The summed E-state index contributed by atoms with van der Waals surface area (Å²) in [5.41, 5.74) is 4.47. The molecule has 8 heteroatoms. The second-order valence-corrected chi connectivity index (χ2v) is 9.49. The van der Waals surface area contributed by atoms with Crippen LogP contribution >= 0.6 is 11.6 Å². The Hall–Kier alpha value is -2.90. The van der Waals surface area contributed by atoms with Gasteiger partial charge >= 0.3 is 0 Å². The van der Waals surface area contributed by atoms with Crippen molar-refractivity contribution in [3.8, 4) is 11.3 Å². The molecule has 6 nitrogen and oxygen atoms in total. The number of ether oxygens (including phenoxy) is 1. The number of halogens is 2. The second kappa shape index (κ2) is 7.85. The topological polar surface area (TPSA) is 65.7 Å².